The Balaban J connectivity index is 2.15. The molecule has 156 valence electrons. The van der Waals surface area contributed by atoms with Crippen LogP contribution < -0.4 is 15.4 Å². The molecule has 2 aromatic carbocycles. The first-order valence-corrected chi connectivity index (χ1v) is 10.4. The second kappa shape index (κ2) is 9.17. The lowest BCUT2D eigenvalue weighted by atomic mass is 10.0. The Morgan fingerprint density at radius 3 is 2.53 bits per heavy atom. The number of benzene rings is 2. The number of nitrogens with two attached hydrogens (primary N) is 1. The average Bonchev–Trinajstić information content (AvgIpc) is 2.70. The third-order valence-corrected chi connectivity index (χ3v) is 5.34. The van der Waals surface area contributed by atoms with Crippen LogP contribution in [0.25, 0.3) is 11.1 Å². The number of amides is 1. The first-order chi connectivity index (χ1) is 14.3. The molecule has 0 aliphatic rings. The number of rotatable bonds is 6. The third-order valence-electron chi connectivity index (χ3n) is 4.65. The molecule has 0 spiro atoms. The maximum absolute atomic E-state index is 12.3. The number of nitrogens with one attached hydrogen (secondary N) is 1. The van der Waals surface area contributed by atoms with Crippen molar-refractivity contribution in [1.82, 2.24) is 4.98 Å². The van der Waals surface area contributed by atoms with Crippen LogP contribution in [-0.4, -0.2) is 19.7 Å². The predicted octanol–water partition coefficient (Wildman–Crippen LogP) is 3.71. The molecule has 1 unspecified atom stereocenters. The van der Waals surface area contributed by atoms with Crippen LogP contribution in [0.4, 0.5) is 17.1 Å². The van der Waals surface area contributed by atoms with E-state index in [1.807, 2.05) is 38.1 Å². The van der Waals surface area contributed by atoms with E-state index in [4.69, 9.17) is 5.73 Å². The van der Waals surface area contributed by atoms with Crippen molar-refractivity contribution in [3.8, 4) is 11.1 Å². The highest BCUT2D eigenvalue weighted by molar-refractivity contribution is 7.81. The van der Waals surface area contributed by atoms with Crippen LogP contribution in [0.5, 0.6) is 0 Å². The van der Waals surface area contributed by atoms with Crippen molar-refractivity contribution in [2.45, 2.75) is 27.3 Å². The number of pyridine rings is 1. The van der Waals surface area contributed by atoms with E-state index in [2.05, 4.69) is 10.3 Å². The summed E-state index contributed by atoms with van der Waals surface area (Å²) in [6.45, 7) is 5.38. The van der Waals surface area contributed by atoms with Crippen LogP contribution in [-0.2, 0) is 22.6 Å². The molecule has 0 radical (unpaired) electrons. The number of aromatic nitrogens is 1. The number of hydrogen-bond donors (Lipinski definition) is 2. The van der Waals surface area contributed by atoms with Crippen molar-refractivity contribution in [1.29, 1.82) is 0 Å². The van der Waals surface area contributed by atoms with Gasteiger partial charge in [0.25, 0.3) is 0 Å². The Kier molecular flexibility index (Phi) is 6.61. The number of carbonyl (C=O) groups is 1. The summed E-state index contributed by atoms with van der Waals surface area (Å²) < 4.78 is 25.8. The maximum Gasteiger partial charge on any atom is 0.221 e. The molecular formula is C22H23N4O3S-. The van der Waals surface area contributed by atoms with E-state index in [0.29, 0.717) is 22.6 Å². The van der Waals surface area contributed by atoms with Crippen molar-refractivity contribution in [3.63, 3.8) is 0 Å². The minimum absolute atomic E-state index is 0.179. The lowest BCUT2D eigenvalue weighted by Crippen LogP contribution is -2.22. The van der Waals surface area contributed by atoms with Crippen molar-refractivity contribution < 1.29 is 13.6 Å². The van der Waals surface area contributed by atoms with Crippen molar-refractivity contribution >= 4 is 34.2 Å². The zero-order valence-corrected chi connectivity index (χ0v) is 17.8. The summed E-state index contributed by atoms with van der Waals surface area (Å²) in [7, 11) is 0. The van der Waals surface area contributed by atoms with Gasteiger partial charge in [-0.1, -0.05) is 24.3 Å². The molecule has 1 atom stereocenters. The first-order valence-electron chi connectivity index (χ1n) is 9.33. The van der Waals surface area contributed by atoms with Crippen LogP contribution >= 0.6 is 0 Å². The summed E-state index contributed by atoms with van der Waals surface area (Å²) in [5.41, 5.74) is 11.5. The van der Waals surface area contributed by atoms with E-state index in [9.17, 15) is 13.6 Å². The van der Waals surface area contributed by atoms with Crippen LogP contribution in [0, 0.1) is 13.8 Å². The maximum atomic E-state index is 12.3. The van der Waals surface area contributed by atoms with Gasteiger partial charge in [0.1, 0.15) is 0 Å². The summed E-state index contributed by atoms with van der Waals surface area (Å²) in [4.78, 5) is 15.5. The van der Waals surface area contributed by atoms with Gasteiger partial charge in [-0.05, 0) is 54.3 Å². The standard InChI is InChI=1S/C22H24N4O3S/c1-14-4-5-15(2)21(8-14)26(30(28)29)22-10-17(6-7-18(22)11-23)19-9-20(13-24-12-19)25-16(3)27/h4-10,12-13H,11,23H2,1-3H3,(H,25,27)(H,28,29)/p-1. The topological polar surface area (TPSA) is 111 Å². The molecule has 1 amide bonds. The summed E-state index contributed by atoms with van der Waals surface area (Å²) in [6, 6.07) is 12.9. The molecule has 7 nitrogen and oxygen atoms in total. The molecule has 8 heteroatoms. The molecule has 0 bridgehead atoms. The number of hydrogen-bond acceptors (Lipinski definition) is 5. The van der Waals surface area contributed by atoms with E-state index >= 15 is 0 Å². The summed E-state index contributed by atoms with van der Waals surface area (Å²) in [5, 5.41) is 2.70. The van der Waals surface area contributed by atoms with Gasteiger partial charge in [0, 0.05) is 25.2 Å². The Labute approximate surface area is 178 Å². The fourth-order valence-electron chi connectivity index (χ4n) is 3.20. The Hall–Kier alpha value is -3.07. The second-order valence-corrected chi connectivity index (χ2v) is 7.79. The van der Waals surface area contributed by atoms with Crippen LogP contribution in [0.1, 0.15) is 23.6 Å². The third kappa shape index (κ3) is 4.73. The fraction of sp³-hybridized carbons (Fsp3) is 0.182. The molecule has 3 rings (SSSR count). The van der Waals surface area contributed by atoms with E-state index in [-0.39, 0.29) is 12.5 Å². The Morgan fingerprint density at radius 2 is 1.87 bits per heavy atom. The van der Waals surface area contributed by atoms with Gasteiger partial charge in [-0.3, -0.25) is 18.3 Å². The van der Waals surface area contributed by atoms with Crippen LogP contribution in [0.3, 0.4) is 0 Å². The van der Waals surface area contributed by atoms with Crippen molar-refractivity contribution in [2.75, 3.05) is 9.62 Å². The van der Waals surface area contributed by atoms with Crippen molar-refractivity contribution in [2.24, 2.45) is 5.73 Å². The number of nitrogens with zero attached hydrogens (tertiary/aromatic N) is 2. The minimum Gasteiger partial charge on any atom is -0.755 e. The smallest absolute Gasteiger partial charge is 0.221 e. The second-order valence-electron chi connectivity index (χ2n) is 6.99. The summed E-state index contributed by atoms with van der Waals surface area (Å²) >= 11 is -2.56. The molecule has 3 N–H and O–H groups in total. The van der Waals surface area contributed by atoms with Gasteiger partial charge in [0.2, 0.25) is 5.91 Å². The van der Waals surface area contributed by atoms with Gasteiger partial charge < -0.3 is 15.6 Å². The zero-order chi connectivity index (χ0) is 21.8. The van der Waals surface area contributed by atoms with Gasteiger partial charge in [-0.2, -0.15) is 0 Å². The molecule has 1 heterocycles. The molecular weight excluding hydrogens is 400 g/mol. The highest BCUT2D eigenvalue weighted by atomic mass is 32.2. The normalized spacial score (nSPS) is 11.8. The SMILES string of the molecule is CC(=O)Nc1cncc(-c2ccc(CN)c(N(c3cc(C)ccc3C)S(=O)[O-])c2)c1. The summed E-state index contributed by atoms with van der Waals surface area (Å²) in [6.07, 6.45) is 3.21. The van der Waals surface area contributed by atoms with E-state index < -0.39 is 11.3 Å². The van der Waals surface area contributed by atoms with Crippen molar-refractivity contribution in [3.05, 3.63) is 71.5 Å². The lowest BCUT2D eigenvalue weighted by molar-refractivity contribution is -0.114. The lowest BCUT2D eigenvalue weighted by Gasteiger charge is -2.30. The number of aryl methyl sites for hydroxylation is 2. The monoisotopic (exact) mass is 423 g/mol. The Bertz CT molecular complexity index is 1120. The Morgan fingerprint density at radius 1 is 1.10 bits per heavy atom. The predicted molar refractivity (Wildman–Crippen MR) is 119 cm³/mol. The van der Waals surface area contributed by atoms with Gasteiger partial charge in [-0.15, -0.1) is 0 Å². The highest BCUT2D eigenvalue weighted by Gasteiger charge is 2.18. The fourth-order valence-corrected chi connectivity index (χ4v) is 3.89. The van der Waals surface area contributed by atoms with Gasteiger partial charge >= 0.3 is 0 Å². The molecule has 0 aliphatic carbocycles. The molecule has 0 fully saturated rings. The van der Waals surface area contributed by atoms with E-state index in [0.717, 1.165) is 22.3 Å². The highest BCUT2D eigenvalue weighted by Crippen LogP contribution is 2.36. The van der Waals surface area contributed by atoms with Gasteiger partial charge in [-0.25, -0.2) is 0 Å². The molecule has 1 aromatic heterocycles. The molecule has 3 aromatic rings. The number of anilines is 3. The minimum atomic E-state index is -2.56. The molecule has 30 heavy (non-hydrogen) atoms. The number of carbonyl (C=O) groups excluding carboxylic acids is 1. The van der Waals surface area contributed by atoms with Gasteiger partial charge in [0.15, 0.2) is 0 Å². The average molecular weight is 424 g/mol. The summed E-state index contributed by atoms with van der Waals surface area (Å²) in [5.74, 6) is -0.198. The zero-order valence-electron chi connectivity index (χ0n) is 17.0. The van der Waals surface area contributed by atoms with Gasteiger partial charge in [0.05, 0.1) is 34.5 Å². The van der Waals surface area contributed by atoms with Crippen LogP contribution in [0.2, 0.25) is 0 Å². The quantitative estimate of drug-likeness (QED) is 0.587. The van der Waals surface area contributed by atoms with Crippen LogP contribution in [0.15, 0.2) is 54.9 Å². The molecule has 0 saturated heterocycles. The first kappa shape index (κ1) is 21.6. The van der Waals surface area contributed by atoms with E-state index in [1.165, 1.54) is 11.2 Å². The van der Waals surface area contributed by atoms with E-state index in [1.54, 1.807) is 30.6 Å². The molecule has 0 aliphatic heterocycles. The molecule has 0 saturated carbocycles. The largest absolute Gasteiger partial charge is 0.755 e.